The summed E-state index contributed by atoms with van der Waals surface area (Å²) in [6, 6.07) is 2.02. The molecule has 2 amide bonds. The van der Waals surface area contributed by atoms with Gasteiger partial charge in [-0.05, 0) is 48.7 Å². The lowest BCUT2D eigenvalue weighted by molar-refractivity contribution is 0.164. The molecule has 1 saturated heterocycles. The zero-order valence-corrected chi connectivity index (χ0v) is 10.6. The van der Waals surface area contributed by atoms with Crippen LogP contribution in [0.5, 0.6) is 0 Å². The van der Waals surface area contributed by atoms with Gasteiger partial charge in [0.15, 0.2) is 0 Å². The van der Waals surface area contributed by atoms with Crippen LogP contribution in [-0.4, -0.2) is 28.4 Å². The van der Waals surface area contributed by atoms with Gasteiger partial charge < -0.3 is 10.2 Å². The fourth-order valence-electron chi connectivity index (χ4n) is 2.47. The van der Waals surface area contributed by atoms with Crippen LogP contribution in [0.1, 0.15) is 30.6 Å². The summed E-state index contributed by atoms with van der Waals surface area (Å²) in [6.07, 6.45) is 6.92. The lowest BCUT2D eigenvalue weighted by Gasteiger charge is -2.32. The van der Waals surface area contributed by atoms with Crippen LogP contribution in [0.3, 0.4) is 0 Å². The highest BCUT2D eigenvalue weighted by molar-refractivity contribution is 7.05. The summed E-state index contributed by atoms with van der Waals surface area (Å²) in [5, 5.41) is 2.96. The molecule has 1 aromatic heterocycles. The van der Waals surface area contributed by atoms with Gasteiger partial charge in [0.25, 0.3) is 0 Å². The summed E-state index contributed by atoms with van der Waals surface area (Å²) in [5.41, 5.74) is 0.633. The summed E-state index contributed by atoms with van der Waals surface area (Å²) < 4.78 is 4.02. The summed E-state index contributed by atoms with van der Waals surface area (Å²) in [5.74, 6) is 0. The summed E-state index contributed by atoms with van der Waals surface area (Å²) in [6.45, 7) is 2.45. The van der Waals surface area contributed by atoms with E-state index in [-0.39, 0.29) is 6.03 Å². The molecule has 5 heteroatoms. The highest BCUT2D eigenvalue weighted by Crippen LogP contribution is 2.53. The zero-order chi connectivity index (χ0) is 11.7. The van der Waals surface area contributed by atoms with Crippen molar-refractivity contribution in [1.29, 1.82) is 0 Å². The van der Waals surface area contributed by atoms with Crippen LogP contribution >= 0.6 is 11.5 Å². The molecular formula is C12H17N3OS. The summed E-state index contributed by atoms with van der Waals surface area (Å²) >= 11 is 1.44. The highest BCUT2D eigenvalue weighted by atomic mass is 32.1. The molecule has 1 aliphatic heterocycles. The molecule has 1 N–H and O–H groups in total. The van der Waals surface area contributed by atoms with Crippen molar-refractivity contribution in [3.8, 4) is 0 Å². The number of urea groups is 1. The van der Waals surface area contributed by atoms with Crippen LogP contribution in [0.25, 0.3) is 0 Å². The molecule has 0 atom stereocenters. The Kier molecular flexibility index (Phi) is 2.78. The Bertz CT molecular complexity index is 390. The molecule has 1 aromatic rings. The van der Waals surface area contributed by atoms with Crippen LogP contribution in [0, 0.1) is 5.41 Å². The summed E-state index contributed by atoms with van der Waals surface area (Å²) in [7, 11) is 0. The van der Waals surface area contributed by atoms with Crippen molar-refractivity contribution >= 4 is 17.6 Å². The zero-order valence-electron chi connectivity index (χ0n) is 9.82. The van der Waals surface area contributed by atoms with Gasteiger partial charge in [0.05, 0.1) is 6.54 Å². The van der Waals surface area contributed by atoms with Gasteiger partial charge in [0.1, 0.15) is 0 Å². The Morgan fingerprint density at radius 2 is 2.18 bits per heavy atom. The van der Waals surface area contributed by atoms with Crippen molar-refractivity contribution in [1.82, 2.24) is 14.6 Å². The van der Waals surface area contributed by atoms with Crippen LogP contribution < -0.4 is 5.32 Å². The molecule has 2 heterocycles. The van der Waals surface area contributed by atoms with Crippen LogP contribution in [0.2, 0.25) is 0 Å². The maximum atomic E-state index is 11.9. The molecule has 0 aromatic carbocycles. The van der Waals surface area contributed by atoms with Gasteiger partial charge in [0, 0.05) is 24.2 Å². The third-order valence-electron chi connectivity index (χ3n) is 3.97. The molecule has 3 rings (SSSR count). The van der Waals surface area contributed by atoms with Crippen molar-refractivity contribution in [3.63, 3.8) is 0 Å². The number of nitrogens with one attached hydrogen (secondary N) is 1. The van der Waals surface area contributed by atoms with Gasteiger partial charge in [0.2, 0.25) is 0 Å². The van der Waals surface area contributed by atoms with Gasteiger partial charge in [-0.1, -0.05) is 0 Å². The number of amides is 2. The lowest BCUT2D eigenvalue weighted by atomic mass is 9.94. The Hall–Kier alpha value is -1.10. The van der Waals surface area contributed by atoms with E-state index in [9.17, 15) is 4.79 Å². The van der Waals surface area contributed by atoms with Crippen molar-refractivity contribution in [2.45, 2.75) is 32.2 Å². The van der Waals surface area contributed by atoms with Gasteiger partial charge in [-0.15, -0.1) is 0 Å². The Balaban J connectivity index is 1.46. The van der Waals surface area contributed by atoms with Gasteiger partial charge in [-0.2, -0.15) is 0 Å². The predicted octanol–water partition coefficient (Wildman–Crippen LogP) is 2.23. The molecule has 2 aliphatic rings. The normalized spacial score (nSPS) is 21.5. The Morgan fingerprint density at radius 3 is 2.76 bits per heavy atom. The number of carbonyl (C=O) groups is 1. The molecule has 1 saturated carbocycles. The maximum Gasteiger partial charge on any atom is 0.317 e. The second kappa shape index (κ2) is 4.29. The average molecular weight is 251 g/mol. The molecule has 4 nitrogen and oxygen atoms in total. The van der Waals surface area contributed by atoms with E-state index in [1.165, 1.54) is 37.2 Å². The Labute approximate surface area is 105 Å². The van der Waals surface area contributed by atoms with Crippen molar-refractivity contribution in [2.75, 3.05) is 13.1 Å². The molecule has 2 fully saturated rings. The molecule has 0 radical (unpaired) electrons. The molecule has 0 unspecified atom stereocenters. The third kappa shape index (κ3) is 2.44. The SMILES string of the molecule is O=C(NCc1ccns1)N1CCC2(CC1)CC2. The number of likely N-dealkylation sites (tertiary alicyclic amines) is 1. The summed E-state index contributed by atoms with van der Waals surface area (Å²) in [4.78, 5) is 15.0. The minimum Gasteiger partial charge on any atom is -0.333 e. The van der Waals surface area contributed by atoms with E-state index in [0.29, 0.717) is 12.0 Å². The highest BCUT2D eigenvalue weighted by Gasteiger charge is 2.45. The third-order valence-corrected chi connectivity index (χ3v) is 4.72. The van der Waals surface area contributed by atoms with E-state index in [1.807, 2.05) is 11.0 Å². The minimum absolute atomic E-state index is 0.0777. The largest absolute Gasteiger partial charge is 0.333 e. The first-order chi connectivity index (χ1) is 8.27. The average Bonchev–Trinajstić information content (AvgIpc) is 2.92. The molecular weight excluding hydrogens is 234 g/mol. The first-order valence-electron chi connectivity index (χ1n) is 6.20. The van der Waals surface area contributed by atoms with E-state index in [0.717, 1.165) is 18.0 Å². The van der Waals surface area contributed by atoms with Crippen molar-refractivity contribution in [2.24, 2.45) is 5.41 Å². The van der Waals surface area contributed by atoms with E-state index < -0.39 is 0 Å². The fourth-order valence-corrected chi connectivity index (χ4v) is 2.98. The molecule has 0 bridgehead atoms. The minimum atomic E-state index is 0.0777. The maximum absolute atomic E-state index is 11.9. The Morgan fingerprint density at radius 1 is 1.41 bits per heavy atom. The van der Waals surface area contributed by atoms with E-state index >= 15 is 0 Å². The number of carbonyl (C=O) groups excluding carboxylic acids is 1. The number of hydrogen-bond donors (Lipinski definition) is 1. The molecule has 1 aliphatic carbocycles. The topological polar surface area (TPSA) is 45.2 Å². The fraction of sp³-hybridized carbons (Fsp3) is 0.667. The van der Waals surface area contributed by atoms with Crippen LogP contribution in [0.15, 0.2) is 12.3 Å². The van der Waals surface area contributed by atoms with Crippen LogP contribution in [-0.2, 0) is 6.54 Å². The number of rotatable bonds is 2. The number of nitrogens with zero attached hydrogens (tertiary/aromatic N) is 2. The van der Waals surface area contributed by atoms with Gasteiger partial charge in [-0.3, -0.25) is 0 Å². The van der Waals surface area contributed by atoms with Crippen LogP contribution in [0.4, 0.5) is 4.79 Å². The smallest absolute Gasteiger partial charge is 0.317 e. The quantitative estimate of drug-likeness (QED) is 0.876. The monoisotopic (exact) mass is 251 g/mol. The van der Waals surface area contributed by atoms with Crippen molar-refractivity contribution in [3.05, 3.63) is 17.1 Å². The first kappa shape index (κ1) is 11.0. The number of hydrogen-bond acceptors (Lipinski definition) is 3. The van der Waals surface area contributed by atoms with Gasteiger partial charge >= 0.3 is 6.03 Å². The molecule has 92 valence electrons. The van der Waals surface area contributed by atoms with Gasteiger partial charge in [-0.25, -0.2) is 9.17 Å². The second-order valence-electron chi connectivity index (χ2n) is 5.12. The number of aromatic nitrogens is 1. The van der Waals surface area contributed by atoms with E-state index in [4.69, 9.17) is 0 Å². The standard InChI is InChI=1S/C12H17N3OS/c16-11(13-9-10-1-6-14-17-10)15-7-4-12(2-3-12)5-8-15/h1,6H,2-5,7-9H2,(H,13,16). The van der Waals surface area contributed by atoms with E-state index in [1.54, 1.807) is 6.20 Å². The molecule has 17 heavy (non-hydrogen) atoms. The van der Waals surface area contributed by atoms with E-state index in [2.05, 4.69) is 9.69 Å². The van der Waals surface area contributed by atoms with Crippen molar-refractivity contribution < 1.29 is 4.79 Å². The first-order valence-corrected chi connectivity index (χ1v) is 6.97. The molecule has 1 spiro atoms. The predicted molar refractivity (Wildman–Crippen MR) is 66.8 cm³/mol. The number of piperidine rings is 1. The lowest BCUT2D eigenvalue weighted by Crippen LogP contribution is -2.44. The second-order valence-corrected chi connectivity index (χ2v) is 6.04.